The van der Waals surface area contributed by atoms with Crippen molar-refractivity contribution in [3.8, 4) is 0 Å². The second kappa shape index (κ2) is 9.81. The number of ether oxygens (including phenoxy) is 1. The Balaban J connectivity index is 1.44. The van der Waals surface area contributed by atoms with E-state index in [1.54, 1.807) is 0 Å². The largest absolute Gasteiger partial charge is 0.463 e. The van der Waals surface area contributed by atoms with E-state index in [0.717, 1.165) is 40.8 Å². The first kappa shape index (κ1) is 25.7. The van der Waals surface area contributed by atoms with Gasteiger partial charge in [-0.1, -0.05) is 140 Å². The first-order valence-corrected chi connectivity index (χ1v) is 15.1. The molecule has 4 heteroatoms. The molecule has 1 aliphatic carbocycles. The van der Waals surface area contributed by atoms with Crippen LogP contribution < -0.4 is 5.32 Å². The number of carbonyl (C=O) groups is 1. The normalized spacial score (nSPS) is 25.5. The van der Waals surface area contributed by atoms with Crippen LogP contribution in [0.5, 0.6) is 0 Å². The lowest BCUT2D eigenvalue weighted by Crippen LogP contribution is -2.44. The highest BCUT2D eigenvalue weighted by Gasteiger charge is 2.79. The van der Waals surface area contributed by atoms with Crippen LogP contribution in [0.25, 0.3) is 0 Å². The molecular weight excluding hydrogens is 528 g/mol. The van der Waals surface area contributed by atoms with Crippen molar-refractivity contribution >= 4 is 17.5 Å². The molecule has 1 N–H and O–H groups in total. The fourth-order valence-electron chi connectivity index (χ4n) is 8.41. The van der Waals surface area contributed by atoms with Gasteiger partial charge in [0.15, 0.2) is 5.60 Å². The minimum Gasteiger partial charge on any atom is -0.463 e. The number of amides is 1. The van der Waals surface area contributed by atoms with E-state index in [-0.39, 0.29) is 17.7 Å². The number of nitrogens with zero attached hydrogens (tertiary/aromatic N) is 1. The van der Waals surface area contributed by atoms with Gasteiger partial charge in [0.2, 0.25) is 11.8 Å². The van der Waals surface area contributed by atoms with Crippen molar-refractivity contribution in [3.63, 3.8) is 0 Å². The van der Waals surface area contributed by atoms with Gasteiger partial charge in [0.1, 0.15) is 5.41 Å². The van der Waals surface area contributed by atoms with E-state index >= 15 is 4.79 Å². The van der Waals surface area contributed by atoms with Gasteiger partial charge in [-0.3, -0.25) is 4.79 Å². The standard InChI is InChI=1S/C39H32N2O2/c42-35-37-33(38(41-35,28-16-6-1-7-17-28)29-18-8-2-9-19-29)26-27-34(37)39(30-20-10-3-11-21-30,31-22-12-4-13-23-31)43-36(37)40-32-24-14-5-15-25-32/h1-25,33-34H,26-27H2,(H,41,42). The molecule has 5 aromatic carbocycles. The fraction of sp³-hybridized carbons (Fsp3) is 0.179. The van der Waals surface area contributed by atoms with Crippen molar-refractivity contribution < 1.29 is 9.53 Å². The number of rotatable bonds is 5. The summed E-state index contributed by atoms with van der Waals surface area (Å²) in [6.45, 7) is 0. The van der Waals surface area contributed by atoms with Crippen LogP contribution in [-0.4, -0.2) is 11.8 Å². The summed E-state index contributed by atoms with van der Waals surface area (Å²) in [5.41, 5.74) is 2.39. The molecular formula is C39H32N2O2. The number of hydrogen-bond acceptors (Lipinski definition) is 3. The summed E-state index contributed by atoms with van der Waals surface area (Å²) in [7, 11) is 0. The van der Waals surface area contributed by atoms with E-state index in [9.17, 15) is 0 Å². The maximum absolute atomic E-state index is 15.1. The molecule has 1 amide bonds. The van der Waals surface area contributed by atoms with Crippen molar-refractivity contribution in [1.29, 1.82) is 0 Å². The van der Waals surface area contributed by atoms with Crippen molar-refractivity contribution in [2.75, 3.05) is 0 Å². The lowest BCUT2D eigenvalue weighted by atomic mass is 9.61. The van der Waals surface area contributed by atoms with E-state index in [4.69, 9.17) is 9.73 Å². The highest BCUT2D eigenvalue weighted by Crippen LogP contribution is 2.71. The zero-order valence-corrected chi connectivity index (χ0v) is 23.8. The SMILES string of the molecule is O=C1NC(c2ccccc2)(c2ccccc2)C2CCC3C(c4ccccc4)(c4ccccc4)OC(=Nc4ccccc4)C123. The molecule has 0 bridgehead atoms. The number of nitrogens with one attached hydrogen (secondary N) is 1. The Morgan fingerprint density at radius 1 is 0.558 bits per heavy atom. The highest BCUT2D eigenvalue weighted by molar-refractivity contribution is 6.11. The predicted octanol–water partition coefficient (Wildman–Crippen LogP) is 7.78. The van der Waals surface area contributed by atoms with E-state index in [0.29, 0.717) is 5.90 Å². The molecule has 3 atom stereocenters. The molecule has 3 unspecified atom stereocenters. The molecule has 2 heterocycles. The van der Waals surface area contributed by atoms with Gasteiger partial charge >= 0.3 is 0 Å². The van der Waals surface area contributed by atoms with E-state index < -0.39 is 16.6 Å². The molecule has 2 aliphatic heterocycles. The Bertz CT molecular complexity index is 1700. The fourth-order valence-corrected chi connectivity index (χ4v) is 8.41. The van der Waals surface area contributed by atoms with Crippen LogP contribution in [-0.2, 0) is 20.7 Å². The van der Waals surface area contributed by atoms with Gasteiger partial charge in [-0.05, 0) is 36.1 Å². The van der Waals surface area contributed by atoms with Crippen LogP contribution in [0.1, 0.15) is 35.1 Å². The van der Waals surface area contributed by atoms with Gasteiger partial charge in [0, 0.05) is 23.0 Å². The molecule has 2 saturated heterocycles. The summed E-state index contributed by atoms with van der Waals surface area (Å²) in [6.07, 6.45) is 1.66. The topological polar surface area (TPSA) is 50.7 Å². The zero-order chi connectivity index (χ0) is 28.9. The van der Waals surface area contributed by atoms with Gasteiger partial charge in [0.25, 0.3) is 0 Å². The van der Waals surface area contributed by atoms with Gasteiger partial charge in [0.05, 0.1) is 11.2 Å². The summed E-state index contributed by atoms with van der Waals surface area (Å²) in [5, 5.41) is 3.62. The first-order chi connectivity index (χ1) is 21.2. The van der Waals surface area contributed by atoms with Crippen LogP contribution in [0.15, 0.2) is 157 Å². The Morgan fingerprint density at radius 2 is 0.977 bits per heavy atom. The molecule has 4 nitrogen and oxygen atoms in total. The molecule has 210 valence electrons. The third kappa shape index (κ3) is 3.50. The molecule has 3 fully saturated rings. The number of para-hydroxylation sites is 1. The smallest absolute Gasteiger partial charge is 0.237 e. The number of aliphatic imine (C=N–C) groups is 1. The molecule has 1 spiro atoms. The van der Waals surface area contributed by atoms with Crippen molar-refractivity contribution in [2.24, 2.45) is 22.2 Å². The van der Waals surface area contributed by atoms with Crippen LogP contribution in [0.3, 0.4) is 0 Å². The molecule has 43 heavy (non-hydrogen) atoms. The summed E-state index contributed by atoms with van der Waals surface area (Å²) in [4.78, 5) is 20.3. The summed E-state index contributed by atoms with van der Waals surface area (Å²) in [5.74, 6) is 0.187. The summed E-state index contributed by atoms with van der Waals surface area (Å²) >= 11 is 0. The lowest BCUT2D eigenvalue weighted by Gasteiger charge is -2.37. The van der Waals surface area contributed by atoms with Gasteiger partial charge in [-0.2, -0.15) is 0 Å². The maximum atomic E-state index is 15.1. The maximum Gasteiger partial charge on any atom is 0.237 e. The molecule has 0 radical (unpaired) electrons. The lowest BCUT2D eigenvalue weighted by molar-refractivity contribution is -0.127. The van der Waals surface area contributed by atoms with Crippen molar-refractivity contribution in [1.82, 2.24) is 5.32 Å². The Morgan fingerprint density at radius 3 is 1.47 bits per heavy atom. The second-order valence-corrected chi connectivity index (χ2v) is 11.9. The molecule has 1 saturated carbocycles. The van der Waals surface area contributed by atoms with Gasteiger partial charge in [-0.15, -0.1) is 0 Å². The van der Waals surface area contributed by atoms with Crippen molar-refractivity contribution in [3.05, 3.63) is 174 Å². The van der Waals surface area contributed by atoms with E-state index in [1.807, 2.05) is 54.6 Å². The van der Waals surface area contributed by atoms with Crippen LogP contribution >= 0.6 is 0 Å². The third-order valence-corrected chi connectivity index (χ3v) is 10.0. The number of carbonyl (C=O) groups excluding carboxylic acids is 1. The van der Waals surface area contributed by atoms with Crippen molar-refractivity contribution in [2.45, 2.75) is 24.0 Å². The Kier molecular flexibility index (Phi) is 5.87. The van der Waals surface area contributed by atoms with Crippen LogP contribution in [0, 0.1) is 17.3 Å². The van der Waals surface area contributed by atoms with Crippen LogP contribution in [0.4, 0.5) is 5.69 Å². The minimum absolute atomic E-state index is 0.0175. The first-order valence-electron chi connectivity index (χ1n) is 15.1. The Labute approximate surface area is 252 Å². The third-order valence-electron chi connectivity index (χ3n) is 10.0. The number of hydrogen-bond donors (Lipinski definition) is 1. The Hall–Kier alpha value is -4.96. The zero-order valence-electron chi connectivity index (χ0n) is 23.8. The van der Waals surface area contributed by atoms with Gasteiger partial charge < -0.3 is 10.1 Å². The monoisotopic (exact) mass is 560 g/mol. The summed E-state index contributed by atoms with van der Waals surface area (Å²) < 4.78 is 7.32. The highest BCUT2D eigenvalue weighted by atomic mass is 16.5. The quantitative estimate of drug-likeness (QED) is 0.239. The minimum atomic E-state index is -0.993. The average molecular weight is 561 g/mol. The predicted molar refractivity (Wildman–Crippen MR) is 169 cm³/mol. The van der Waals surface area contributed by atoms with Crippen LogP contribution in [0.2, 0.25) is 0 Å². The summed E-state index contributed by atoms with van der Waals surface area (Å²) in [6, 6.07) is 51.6. The number of benzene rings is 5. The van der Waals surface area contributed by atoms with E-state index in [2.05, 4.69) is 102 Å². The second-order valence-electron chi connectivity index (χ2n) is 11.9. The van der Waals surface area contributed by atoms with E-state index in [1.165, 1.54) is 0 Å². The molecule has 3 aliphatic rings. The molecule has 0 aromatic heterocycles. The average Bonchev–Trinajstić information content (AvgIpc) is 3.70. The van der Waals surface area contributed by atoms with Gasteiger partial charge in [-0.25, -0.2) is 4.99 Å². The molecule has 5 aromatic rings. The molecule has 8 rings (SSSR count).